The van der Waals surface area contributed by atoms with Crippen molar-refractivity contribution in [1.82, 2.24) is 9.88 Å². The molecule has 0 atom stereocenters. The molecule has 1 saturated heterocycles. The van der Waals surface area contributed by atoms with E-state index in [1.54, 1.807) is 11.0 Å². The summed E-state index contributed by atoms with van der Waals surface area (Å²) in [4.78, 5) is 30.7. The minimum atomic E-state index is -0.513. The Balaban J connectivity index is 1.55. The minimum Gasteiger partial charge on any atom is -0.444 e. The van der Waals surface area contributed by atoms with Crippen molar-refractivity contribution in [2.24, 2.45) is 5.92 Å². The van der Waals surface area contributed by atoms with Gasteiger partial charge in [0.05, 0.1) is 10.2 Å². The Bertz CT molecular complexity index is 823. The summed E-state index contributed by atoms with van der Waals surface area (Å²) in [5, 5.41) is 4.11. The molecule has 0 unspecified atom stereocenters. The van der Waals surface area contributed by atoms with Crippen molar-refractivity contribution >= 4 is 50.3 Å². The molecule has 1 aliphatic heterocycles. The molecule has 2 aromatic rings. The molecule has 0 bridgehead atoms. The number of ether oxygens (including phenoxy) is 1. The third-order valence-electron chi connectivity index (χ3n) is 4.10. The van der Waals surface area contributed by atoms with Gasteiger partial charge in [-0.2, -0.15) is 0 Å². The predicted molar refractivity (Wildman–Crippen MR) is 104 cm³/mol. The number of rotatable bonds is 2. The lowest BCUT2D eigenvalue weighted by Gasteiger charge is -2.32. The number of aromatic nitrogens is 1. The van der Waals surface area contributed by atoms with Gasteiger partial charge in [0.2, 0.25) is 5.91 Å². The van der Waals surface area contributed by atoms with Crippen molar-refractivity contribution in [2.75, 3.05) is 18.4 Å². The molecule has 1 aromatic heterocycles. The molecule has 26 heavy (non-hydrogen) atoms. The van der Waals surface area contributed by atoms with Gasteiger partial charge in [-0.25, -0.2) is 9.78 Å². The van der Waals surface area contributed by atoms with Gasteiger partial charge in [-0.05, 0) is 51.8 Å². The molecule has 0 aliphatic carbocycles. The lowest BCUT2D eigenvalue weighted by atomic mass is 9.96. The van der Waals surface area contributed by atoms with Gasteiger partial charge < -0.3 is 15.0 Å². The Morgan fingerprint density at radius 3 is 2.65 bits per heavy atom. The Morgan fingerprint density at radius 2 is 2.00 bits per heavy atom. The van der Waals surface area contributed by atoms with Crippen LogP contribution in [0.2, 0.25) is 5.02 Å². The van der Waals surface area contributed by atoms with Crippen LogP contribution in [-0.4, -0.2) is 40.6 Å². The first kappa shape index (κ1) is 18.9. The van der Waals surface area contributed by atoms with Crippen LogP contribution >= 0.6 is 22.9 Å². The fourth-order valence-corrected chi connectivity index (χ4v) is 3.95. The van der Waals surface area contributed by atoms with E-state index in [1.807, 2.05) is 32.9 Å². The van der Waals surface area contributed by atoms with Crippen LogP contribution in [0.5, 0.6) is 0 Å². The number of carbonyl (C=O) groups is 2. The standard InChI is InChI=1S/C18H22ClN3O3S/c1-18(2,3)25-17(24)22-8-6-11(7-9-22)15(23)21-16-20-13-5-4-12(19)10-14(13)26-16/h4-5,10-11H,6-9H2,1-3H3,(H,20,21,23). The molecule has 140 valence electrons. The second-order valence-electron chi connectivity index (χ2n) is 7.36. The topological polar surface area (TPSA) is 71.5 Å². The van der Waals surface area contributed by atoms with E-state index in [4.69, 9.17) is 16.3 Å². The average Bonchev–Trinajstić information content (AvgIpc) is 2.94. The number of thiazole rings is 1. The molecule has 0 saturated carbocycles. The zero-order chi connectivity index (χ0) is 18.9. The largest absolute Gasteiger partial charge is 0.444 e. The van der Waals surface area contributed by atoms with E-state index in [0.717, 1.165) is 10.2 Å². The van der Waals surface area contributed by atoms with E-state index in [1.165, 1.54) is 11.3 Å². The number of carbonyl (C=O) groups excluding carboxylic acids is 2. The van der Waals surface area contributed by atoms with Crippen LogP contribution in [-0.2, 0) is 9.53 Å². The number of piperidine rings is 1. The highest BCUT2D eigenvalue weighted by Gasteiger charge is 2.30. The van der Waals surface area contributed by atoms with Crippen LogP contribution in [0, 0.1) is 5.92 Å². The molecule has 1 fully saturated rings. The van der Waals surface area contributed by atoms with Crippen molar-refractivity contribution < 1.29 is 14.3 Å². The van der Waals surface area contributed by atoms with E-state index in [9.17, 15) is 9.59 Å². The van der Waals surface area contributed by atoms with Gasteiger partial charge in [-0.1, -0.05) is 22.9 Å². The summed E-state index contributed by atoms with van der Waals surface area (Å²) in [6, 6.07) is 5.45. The smallest absolute Gasteiger partial charge is 0.410 e. The lowest BCUT2D eigenvalue weighted by Crippen LogP contribution is -2.43. The van der Waals surface area contributed by atoms with Crippen LogP contribution in [0.3, 0.4) is 0 Å². The Labute approximate surface area is 161 Å². The fourth-order valence-electron chi connectivity index (χ4n) is 2.81. The fraction of sp³-hybridized carbons (Fsp3) is 0.500. The number of fused-ring (bicyclic) bond motifs is 1. The van der Waals surface area contributed by atoms with Crippen LogP contribution < -0.4 is 5.32 Å². The zero-order valence-corrected chi connectivity index (χ0v) is 16.6. The third-order valence-corrected chi connectivity index (χ3v) is 5.27. The van der Waals surface area contributed by atoms with Crippen molar-refractivity contribution in [3.63, 3.8) is 0 Å². The summed E-state index contributed by atoms with van der Waals surface area (Å²) in [5.41, 5.74) is 0.301. The maximum atomic E-state index is 12.5. The normalized spacial score (nSPS) is 15.9. The summed E-state index contributed by atoms with van der Waals surface area (Å²) in [6.45, 7) is 6.56. The molecule has 0 spiro atoms. The minimum absolute atomic E-state index is 0.0565. The SMILES string of the molecule is CC(C)(C)OC(=O)N1CCC(C(=O)Nc2nc3ccc(Cl)cc3s2)CC1. The highest BCUT2D eigenvalue weighted by atomic mass is 35.5. The predicted octanol–water partition coefficient (Wildman–Crippen LogP) is 4.54. The van der Waals surface area contributed by atoms with Crippen LogP contribution in [0.15, 0.2) is 18.2 Å². The van der Waals surface area contributed by atoms with E-state index >= 15 is 0 Å². The van der Waals surface area contributed by atoms with Crippen LogP contribution in [0.25, 0.3) is 10.2 Å². The molecule has 0 radical (unpaired) electrons. The Kier molecular flexibility index (Phi) is 5.39. The number of likely N-dealkylation sites (tertiary alicyclic amines) is 1. The Morgan fingerprint density at radius 1 is 1.31 bits per heavy atom. The molecular formula is C18H22ClN3O3S. The molecule has 1 N–H and O–H groups in total. The van der Waals surface area contributed by atoms with E-state index in [-0.39, 0.29) is 17.9 Å². The number of halogens is 1. The van der Waals surface area contributed by atoms with Crippen molar-refractivity contribution in [1.29, 1.82) is 0 Å². The number of nitrogens with zero attached hydrogens (tertiary/aromatic N) is 2. The molecular weight excluding hydrogens is 374 g/mol. The van der Waals surface area contributed by atoms with Crippen LogP contribution in [0.1, 0.15) is 33.6 Å². The number of nitrogens with one attached hydrogen (secondary N) is 1. The number of amides is 2. The van der Waals surface area contributed by atoms with Gasteiger partial charge in [-0.3, -0.25) is 4.79 Å². The average molecular weight is 396 g/mol. The molecule has 6 nitrogen and oxygen atoms in total. The van der Waals surface area contributed by atoms with Gasteiger partial charge in [-0.15, -0.1) is 0 Å². The Hall–Kier alpha value is -1.86. The van der Waals surface area contributed by atoms with Gasteiger partial charge >= 0.3 is 6.09 Å². The van der Waals surface area contributed by atoms with Crippen LogP contribution in [0.4, 0.5) is 9.93 Å². The second-order valence-corrected chi connectivity index (χ2v) is 8.83. The quantitative estimate of drug-likeness (QED) is 0.810. The highest BCUT2D eigenvalue weighted by Crippen LogP contribution is 2.29. The van der Waals surface area contributed by atoms with Gasteiger partial charge in [0.15, 0.2) is 5.13 Å². The molecule has 1 aromatic carbocycles. The summed E-state index contributed by atoms with van der Waals surface area (Å²) in [5.74, 6) is -0.191. The van der Waals surface area contributed by atoms with Gasteiger partial charge in [0.1, 0.15) is 5.60 Å². The monoisotopic (exact) mass is 395 g/mol. The molecule has 3 rings (SSSR count). The summed E-state index contributed by atoms with van der Waals surface area (Å²) in [6.07, 6.45) is 0.906. The molecule has 2 amide bonds. The number of hydrogen-bond donors (Lipinski definition) is 1. The van der Waals surface area contributed by atoms with E-state index in [0.29, 0.717) is 36.1 Å². The van der Waals surface area contributed by atoms with Crippen molar-refractivity contribution in [3.8, 4) is 0 Å². The second kappa shape index (κ2) is 7.40. The number of anilines is 1. The summed E-state index contributed by atoms with van der Waals surface area (Å²) in [7, 11) is 0. The first-order chi connectivity index (χ1) is 12.2. The lowest BCUT2D eigenvalue weighted by molar-refractivity contribution is -0.121. The number of hydrogen-bond acceptors (Lipinski definition) is 5. The van der Waals surface area contributed by atoms with Gasteiger partial charge in [0, 0.05) is 24.0 Å². The third kappa shape index (κ3) is 4.65. The molecule has 1 aliphatic rings. The molecule has 8 heteroatoms. The highest BCUT2D eigenvalue weighted by molar-refractivity contribution is 7.22. The van der Waals surface area contributed by atoms with E-state index in [2.05, 4.69) is 10.3 Å². The van der Waals surface area contributed by atoms with E-state index < -0.39 is 5.60 Å². The summed E-state index contributed by atoms with van der Waals surface area (Å²) < 4.78 is 6.32. The summed E-state index contributed by atoms with van der Waals surface area (Å²) >= 11 is 7.39. The maximum absolute atomic E-state index is 12.5. The maximum Gasteiger partial charge on any atom is 0.410 e. The number of benzene rings is 1. The first-order valence-corrected chi connectivity index (χ1v) is 9.75. The van der Waals surface area contributed by atoms with Gasteiger partial charge in [0.25, 0.3) is 0 Å². The first-order valence-electron chi connectivity index (χ1n) is 8.56. The van der Waals surface area contributed by atoms with Crippen molar-refractivity contribution in [3.05, 3.63) is 23.2 Å². The molecule has 2 heterocycles. The van der Waals surface area contributed by atoms with Crippen molar-refractivity contribution in [2.45, 2.75) is 39.2 Å². The zero-order valence-electron chi connectivity index (χ0n) is 15.0.